The Labute approximate surface area is 147 Å². The van der Waals surface area contributed by atoms with Crippen LogP contribution in [0.5, 0.6) is 0 Å². The van der Waals surface area contributed by atoms with E-state index in [1.807, 2.05) is 28.9 Å². The number of piperidine rings is 1. The molecule has 2 amide bonds. The van der Waals surface area contributed by atoms with Gasteiger partial charge in [0.15, 0.2) is 0 Å². The lowest BCUT2D eigenvalue weighted by Crippen LogP contribution is -2.46. The Balaban J connectivity index is 1.75. The minimum atomic E-state index is -0.260. The third kappa shape index (κ3) is 3.87. The molecule has 0 bridgehead atoms. The summed E-state index contributed by atoms with van der Waals surface area (Å²) < 4.78 is 1.90. The first kappa shape index (κ1) is 17.1. The fourth-order valence-corrected chi connectivity index (χ4v) is 3.19. The quantitative estimate of drug-likeness (QED) is 0.917. The third-order valence-electron chi connectivity index (χ3n) is 4.52. The number of likely N-dealkylation sites (tertiary alicyclic amines) is 1. The molecule has 0 saturated carbocycles. The van der Waals surface area contributed by atoms with Crippen LogP contribution in [0.4, 0.5) is 0 Å². The summed E-state index contributed by atoms with van der Waals surface area (Å²) >= 11 is 0. The van der Waals surface area contributed by atoms with Crippen molar-refractivity contribution in [2.24, 2.45) is 0 Å². The van der Waals surface area contributed by atoms with E-state index in [2.05, 4.69) is 15.4 Å². The monoisotopic (exact) mass is 341 g/mol. The van der Waals surface area contributed by atoms with Crippen LogP contribution in [-0.4, -0.2) is 51.1 Å². The van der Waals surface area contributed by atoms with Crippen LogP contribution in [0, 0.1) is 6.92 Å². The summed E-state index contributed by atoms with van der Waals surface area (Å²) in [7, 11) is 1.55. The van der Waals surface area contributed by atoms with Crippen LogP contribution in [-0.2, 0) is 6.54 Å². The maximum atomic E-state index is 12.9. The molecule has 0 aliphatic carbocycles. The number of nitrogens with zero attached hydrogens (tertiary/aromatic N) is 4. The van der Waals surface area contributed by atoms with Crippen LogP contribution >= 0.6 is 0 Å². The second-order valence-corrected chi connectivity index (χ2v) is 6.40. The molecule has 25 heavy (non-hydrogen) atoms. The van der Waals surface area contributed by atoms with Crippen LogP contribution in [0.3, 0.4) is 0 Å². The highest BCUT2D eigenvalue weighted by molar-refractivity contribution is 5.96. The molecule has 1 saturated heterocycles. The van der Waals surface area contributed by atoms with E-state index in [0.717, 1.165) is 31.4 Å². The van der Waals surface area contributed by atoms with Crippen LogP contribution in [0.1, 0.15) is 45.7 Å². The van der Waals surface area contributed by atoms with E-state index in [9.17, 15) is 9.59 Å². The molecule has 3 rings (SSSR count). The summed E-state index contributed by atoms with van der Waals surface area (Å²) in [6.07, 6.45) is 8.39. The Hall–Kier alpha value is -2.70. The van der Waals surface area contributed by atoms with Crippen LogP contribution < -0.4 is 5.32 Å². The number of nitrogens with one attached hydrogen (secondary N) is 1. The Morgan fingerprint density at radius 3 is 2.76 bits per heavy atom. The second kappa shape index (κ2) is 7.46. The first-order valence-electron chi connectivity index (χ1n) is 8.56. The van der Waals surface area contributed by atoms with E-state index in [1.165, 1.54) is 6.20 Å². The minimum Gasteiger partial charge on any atom is -0.354 e. The summed E-state index contributed by atoms with van der Waals surface area (Å²) in [5, 5.41) is 6.86. The number of rotatable bonds is 4. The van der Waals surface area contributed by atoms with Crippen molar-refractivity contribution in [3.8, 4) is 0 Å². The van der Waals surface area contributed by atoms with Crippen molar-refractivity contribution in [2.45, 2.75) is 38.8 Å². The van der Waals surface area contributed by atoms with Gasteiger partial charge >= 0.3 is 0 Å². The Morgan fingerprint density at radius 2 is 2.12 bits per heavy atom. The van der Waals surface area contributed by atoms with Gasteiger partial charge in [-0.1, -0.05) is 0 Å². The Kier molecular flexibility index (Phi) is 5.11. The maximum Gasteiger partial charge on any atom is 0.269 e. The highest BCUT2D eigenvalue weighted by Crippen LogP contribution is 2.21. The van der Waals surface area contributed by atoms with Gasteiger partial charge in [-0.25, -0.2) is 0 Å². The molecular weight excluding hydrogens is 318 g/mol. The number of aryl methyl sites for hydroxylation is 1. The maximum absolute atomic E-state index is 12.9. The number of hydrogen-bond donors (Lipinski definition) is 1. The molecule has 7 heteroatoms. The van der Waals surface area contributed by atoms with Crippen molar-refractivity contribution >= 4 is 11.8 Å². The predicted molar refractivity (Wildman–Crippen MR) is 93.3 cm³/mol. The molecule has 3 heterocycles. The van der Waals surface area contributed by atoms with Crippen molar-refractivity contribution in [1.82, 2.24) is 25.0 Å². The zero-order chi connectivity index (χ0) is 17.8. The Bertz CT molecular complexity index is 753. The van der Waals surface area contributed by atoms with Gasteiger partial charge in [-0.2, -0.15) is 5.10 Å². The Morgan fingerprint density at radius 1 is 1.28 bits per heavy atom. The van der Waals surface area contributed by atoms with Crippen molar-refractivity contribution in [1.29, 1.82) is 0 Å². The molecule has 2 aromatic heterocycles. The lowest BCUT2D eigenvalue weighted by atomic mass is 10.0. The van der Waals surface area contributed by atoms with Crippen molar-refractivity contribution in [2.75, 3.05) is 13.6 Å². The zero-order valence-corrected chi connectivity index (χ0v) is 14.6. The second-order valence-electron chi connectivity index (χ2n) is 6.40. The van der Waals surface area contributed by atoms with Gasteiger partial charge in [0.25, 0.3) is 11.8 Å². The van der Waals surface area contributed by atoms with Gasteiger partial charge in [0.05, 0.1) is 24.3 Å². The molecule has 0 aromatic carbocycles. The molecule has 132 valence electrons. The van der Waals surface area contributed by atoms with Crippen LogP contribution in [0.15, 0.2) is 30.7 Å². The van der Waals surface area contributed by atoms with E-state index in [-0.39, 0.29) is 17.9 Å². The van der Waals surface area contributed by atoms with Gasteiger partial charge in [0.2, 0.25) is 0 Å². The third-order valence-corrected chi connectivity index (χ3v) is 4.52. The van der Waals surface area contributed by atoms with Crippen LogP contribution in [0.25, 0.3) is 0 Å². The zero-order valence-electron chi connectivity index (χ0n) is 14.6. The lowest BCUT2D eigenvalue weighted by molar-refractivity contribution is 0.0583. The van der Waals surface area contributed by atoms with Crippen molar-refractivity contribution in [3.05, 3.63) is 47.5 Å². The van der Waals surface area contributed by atoms with E-state index >= 15 is 0 Å². The normalized spacial score (nSPS) is 17.4. The number of hydrogen-bond acceptors (Lipinski definition) is 4. The molecule has 1 fully saturated rings. The lowest BCUT2D eigenvalue weighted by Gasteiger charge is -2.35. The fourth-order valence-electron chi connectivity index (χ4n) is 3.19. The molecular formula is C18H23N5O2. The predicted octanol–water partition coefficient (Wildman–Crippen LogP) is 1.64. The van der Waals surface area contributed by atoms with Gasteiger partial charge in [-0.15, -0.1) is 0 Å². The molecule has 1 atom stereocenters. The fraction of sp³-hybridized carbons (Fsp3) is 0.444. The highest BCUT2D eigenvalue weighted by atomic mass is 16.2. The SMILES string of the molecule is CNC(=O)c1ccc(C(=O)N2CCCC[C@H]2Cn2cc(C)cn2)cn1. The summed E-state index contributed by atoms with van der Waals surface area (Å²) in [6, 6.07) is 3.38. The van der Waals surface area contributed by atoms with E-state index < -0.39 is 0 Å². The average molecular weight is 341 g/mol. The van der Waals surface area contributed by atoms with Crippen LogP contribution in [0.2, 0.25) is 0 Å². The largest absolute Gasteiger partial charge is 0.354 e. The number of pyridine rings is 1. The molecule has 7 nitrogen and oxygen atoms in total. The number of carbonyl (C=O) groups is 2. The van der Waals surface area contributed by atoms with Gasteiger partial charge in [0, 0.05) is 26.0 Å². The van der Waals surface area contributed by atoms with E-state index in [1.54, 1.807) is 19.2 Å². The van der Waals surface area contributed by atoms with Crippen molar-refractivity contribution < 1.29 is 9.59 Å². The number of aromatic nitrogens is 3. The summed E-state index contributed by atoms with van der Waals surface area (Å²) in [5.41, 5.74) is 1.93. The van der Waals surface area contributed by atoms with Gasteiger partial charge in [-0.05, 0) is 43.9 Å². The molecule has 1 N–H and O–H groups in total. The standard InChI is InChI=1S/C18H23N5O2/c1-13-9-21-22(11-13)12-15-5-3-4-8-23(15)18(25)14-6-7-16(20-10-14)17(24)19-2/h6-7,9-11,15H,3-5,8,12H2,1-2H3,(H,19,24)/t15-/m0/s1. The van der Waals surface area contributed by atoms with Crippen molar-refractivity contribution in [3.63, 3.8) is 0 Å². The highest BCUT2D eigenvalue weighted by Gasteiger charge is 2.28. The number of amides is 2. The van der Waals surface area contributed by atoms with E-state index in [4.69, 9.17) is 0 Å². The van der Waals surface area contributed by atoms with E-state index in [0.29, 0.717) is 17.8 Å². The summed E-state index contributed by atoms with van der Waals surface area (Å²) in [5.74, 6) is -0.298. The van der Waals surface area contributed by atoms with Gasteiger partial charge in [-0.3, -0.25) is 19.3 Å². The van der Waals surface area contributed by atoms with Gasteiger partial charge < -0.3 is 10.2 Å². The molecule has 0 spiro atoms. The summed E-state index contributed by atoms with van der Waals surface area (Å²) in [4.78, 5) is 30.5. The molecule has 1 aliphatic heterocycles. The topological polar surface area (TPSA) is 80.1 Å². The summed E-state index contributed by atoms with van der Waals surface area (Å²) in [6.45, 7) is 3.44. The van der Waals surface area contributed by atoms with Gasteiger partial charge in [0.1, 0.15) is 5.69 Å². The molecule has 2 aromatic rings. The molecule has 0 unspecified atom stereocenters. The smallest absolute Gasteiger partial charge is 0.269 e. The average Bonchev–Trinajstić information content (AvgIpc) is 3.06. The minimum absolute atomic E-state index is 0.0375. The molecule has 1 aliphatic rings. The first-order valence-corrected chi connectivity index (χ1v) is 8.56. The molecule has 0 radical (unpaired) electrons. The first-order chi connectivity index (χ1) is 12.1. The number of carbonyl (C=O) groups excluding carboxylic acids is 2.